The third kappa shape index (κ3) is 9.98. The van der Waals surface area contributed by atoms with Gasteiger partial charge in [0.2, 0.25) is 0 Å². The normalized spacial score (nSPS) is 13.6. The Bertz CT molecular complexity index is 337. The quantitative estimate of drug-likeness (QED) is 0.583. The Balaban J connectivity index is 4.33. The average molecular weight is 300 g/mol. The highest BCUT2D eigenvalue weighted by atomic mass is 16.6. The van der Waals surface area contributed by atoms with Crippen LogP contribution in [0, 0.1) is 0 Å². The van der Waals surface area contributed by atoms with Gasteiger partial charge in [-0.2, -0.15) is 0 Å². The van der Waals surface area contributed by atoms with Gasteiger partial charge in [-0.15, -0.1) is 0 Å². The minimum atomic E-state index is -0.471. The van der Waals surface area contributed by atoms with Gasteiger partial charge in [0.05, 0.1) is 6.54 Å². The van der Waals surface area contributed by atoms with Crippen LogP contribution in [0.2, 0.25) is 0 Å². The molecule has 0 fully saturated rings. The lowest BCUT2D eigenvalue weighted by Gasteiger charge is -2.24. The summed E-state index contributed by atoms with van der Waals surface area (Å²) in [4.78, 5) is 17.8. The Labute approximate surface area is 129 Å². The van der Waals surface area contributed by atoms with Crippen molar-refractivity contribution in [1.29, 1.82) is 0 Å². The summed E-state index contributed by atoms with van der Waals surface area (Å²) in [6.07, 6.45) is 0.708. The maximum absolute atomic E-state index is 11.8. The summed E-state index contributed by atoms with van der Waals surface area (Å²) in [6.45, 7) is 13.7. The average Bonchev–Trinajstić information content (AvgIpc) is 2.36. The number of nitrogens with zero attached hydrogens (tertiary/aromatic N) is 2. The molecule has 21 heavy (non-hydrogen) atoms. The Kier molecular flexibility index (Phi) is 8.81. The van der Waals surface area contributed by atoms with E-state index in [0.29, 0.717) is 19.1 Å². The largest absolute Gasteiger partial charge is 0.444 e. The first-order chi connectivity index (χ1) is 9.69. The van der Waals surface area contributed by atoms with Gasteiger partial charge in [-0.25, -0.2) is 4.79 Å². The number of hydrogen-bond acceptors (Lipinski definition) is 3. The van der Waals surface area contributed by atoms with Crippen LogP contribution in [-0.4, -0.2) is 55.3 Å². The van der Waals surface area contributed by atoms with Gasteiger partial charge in [-0.1, -0.05) is 6.92 Å². The number of hydrogen-bond donors (Lipinski definition) is 2. The molecule has 0 bridgehead atoms. The number of nitrogens with one attached hydrogen (secondary N) is 2. The van der Waals surface area contributed by atoms with Crippen LogP contribution < -0.4 is 10.6 Å². The van der Waals surface area contributed by atoms with Gasteiger partial charge in [0, 0.05) is 26.2 Å². The van der Waals surface area contributed by atoms with Crippen molar-refractivity contribution in [2.45, 2.75) is 59.6 Å². The molecule has 0 saturated carbocycles. The van der Waals surface area contributed by atoms with Gasteiger partial charge >= 0.3 is 6.09 Å². The predicted octanol–water partition coefficient (Wildman–Crippen LogP) is 2.21. The number of carbonyl (C=O) groups is 1. The lowest BCUT2D eigenvalue weighted by Crippen LogP contribution is -2.42. The first kappa shape index (κ1) is 19.5. The monoisotopic (exact) mass is 300 g/mol. The van der Waals surface area contributed by atoms with Crippen LogP contribution >= 0.6 is 0 Å². The molecular formula is C15H32N4O2. The van der Waals surface area contributed by atoms with Crippen LogP contribution in [0.3, 0.4) is 0 Å². The molecule has 0 heterocycles. The smallest absolute Gasteiger partial charge is 0.410 e. The molecule has 1 atom stereocenters. The molecule has 0 aromatic rings. The fraction of sp³-hybridized carbons (Fsp3) is 0.867. The van der Waals surface area contributed by atoms with E-state index < -0.39 is 5.60 Å². The van der Waals surface area contributed by atoms with E-state index in [2.05, 4.69) is 29.5 Å². The highest BCUT2D eigenvalue weighted by Gasteiger charge is 2.19. The third-order valence-electron chi connectivity index (χ3n) is 2.75. The van der Waals surface area contributed by atoms with Gasteiger partial charge in [-0.3, -0.25) is 4.99 Å². The van der Waals surface area contributed by atoms with E-state index in [9.17, 15) is 4.79 Å². The Morgan fingerprint density at radius 3 is 2.43 bits per heavy atom. The van der Waals surface area contributed by atoms with E-state index in [-0.39, 0.29) is 6.09 Å². The van der Waals surface area contributed by atoms with E-state index in [1.807, 2.05) is 27.7 Å². The molecule has 1 unspecified atom stereocenters. The molecule has 1 amide bonds. The highest BCUT2D eigenvalue weighted by Crippen LogP contribution is 2.08. The first-order valence-corrected chi connectivity index (χ1v) is 7.68. The van der Waals surface area contributed by atoms with Gasteiger partial charge < -0.3 is 20.3 Å². The molecule has 0 rings (SSSR count). The Hall–Kier alpha value is -1.46. The van der Waals surface area contributed by atoms with Crippen molar-refractivity contribution in [1.82, 2.24) is 15.5 Å². The van der Waals surface area contributed by atoms with Crippen LogP contribution in [0.5, 0.6) is 0 Å². The van der Waals surface area contributed by atoms with Crippen molar-refractivity contribution in [3.63, 3.8) is 0 Å². The summed E-state index contributed by atoms with van der Waals surface area (Å²) in [7, 11) is 1.72. The number of ether oxygens (including phenoxy) is 1. The van der Waals surface area contributed by atoms with Gasteiger partial charge in [0.15, 0.2) is 5.96 Å². The molecule has 0 radical (unpaired) electrons. The third-order valence-corrected chi connectivity index (χ3v) is 2.75. The highest BCUT2D eigenvalue weighted by molar-refractivity contribution is 5.80. The van der Waals surface area contributed by atoms with Crippen molar-refractivity contribution < 1.29 is 9.53 Å². The zero-order valence-corrected chi connectivity index (χ0v) is 14.6. The van der Waals surface area contributed by atoms with E-state index in [4.69, 9.17) is 4.74 Å². The van der Waals surface area contributed by atoms with Crippen molar-refractivity contribution in [2.75, 3.05) is 26.7 Å². The number of likely N-dealkylation sites (N-methyl/N-ethyl adjacent to an activating group) is 1. The molecular weight excluding hydrogens is 268 g/mol. The number of rotatable bonds is 6. The summed E-state index contributed by atoms with van der Waals surface area (Å²) in [5.41, 5.74) is -0.471. The molecule has 6 nitrogen and oxygen atoms in total. The van der Waals surface area contributed by atoms with Crippen LogP contribution in [0.1, 0.15) is 48.0 Å². The molecule has 0 saturated heterocycles. The lowest BCUT2D eigenvalue weighted by atomic mass is 10.2. The van der Waals surface area contributed by atoms with Crippen molar-refractivity contribution in [2.24, 2.45) is 4.99 Å². The second kappa shape index (κ2) is 9.47. The predicted molar refractivity (Wildman–Crippen MR) is 87.7 cm³/mol. The maximum atomic E-state index is 11.8. The molecule has 6 heteroatoms. The molecule has 0 aliphatic rings. The molecule has 2 N–H and O–H groups in total. The van der Waals surface area contributed by atoms with E-state index >= 15 is 0 Å². The number of carbonyl (C=O) groups excluding carboxylic acids is 1. The summed E-state index contributed by atoms with van der Waals surface area (Å²) < 4.78 is 5.29. The second-order valence-electron chi connectivity index (χ2n) is 6.12. The van der Waals surface area contributed by atoms with Gasteiger partial charge in [0.1, 0.15) is 5.60 Å². The van der Waals surface area contributed by atoms with E-state index in [0.717, 1.165) is 18.9 Å². The number of amides is 1. The minimum Gasteiger partial charge on any atom is -0.444 e. The fourth-order valence-corrected chi connectivity index (χ4v) is 1.40. The molecule has 0 aromatic carbocycles. The van der Waals surface area contributed by atoms with Crippen LogP contribution in [0.15, 0.2) is 4.99 Å². The zero-order chi connectivity index (χ0) is 16.5. The standard InChI is InChI=1S/C15H32N4O2/c1-8-12(3)18-13(16-9-2)17-10-11-19(7)14(20)21-15(4,5)6/h12H,8-11H2,1-7H3,(H2,16,17,18). The Morgan fingerprint density at radius 2 is 1.95 bits per heavy atom. The van der Waals surface area contributed by atoms with Gasteiger partial charge in [0.25, 0.3) is 0 Å². The Morgan fingerprint density at radius 1 is 1.33 bits per heavy atom. The minimum absolute atomic E-state index is 0.322. The SMILES string of the molecule is CCNC(=NCCN(C)C(=O)OC(C)(C)C)NC(C)CC. The molecule has 124 valence electrons. The summed E-state index contributed by atoms with van der Waals surface area (Å²) in [5.74, 6) is 0.782. The van der Waals surface area contributed by atoms with Crippen molar-refractivity contribution >= 4 is 12.1 Å². The molecule has 0 spiro atoms. The second-order valence-corrected chi connectivity index (χ2v) is 6.12. The van der Waals surface area contributed by atoms with Gasteiger partial charge in [-0.05, 0) is 41.0 Å². The summed E-state index contributed by atoms with van der Waals surface area (Å²) in [5, 5.41) is 6.51. The first-order valence-electron chi connectivity index (χ1n) is 7.68. The lowest BCUT2D eigenvalue weighted by molar-refractivity contribution is 0.0304. The fourth-order valence-electron chi connectivity index (χ4n) is 1.40. The zero-order valence-electron chi connectivity index (χ0n) is 14.6. The molecule has 0 aliphatic carbocycles. The van der Waals surface area contributed by atoms with Crippen molar-refractivity contribution in [3.8, 4) is 0 Å². The summed E-state index contributed by atoms with van der Waals surface area (Å²) >= 11 is 0. The van der Waals surface area contributed by atoms with Crippen LogP contribution in [0.4, 0.5) is 4.79 Å². The van der Waals surface area contributed by atoms with E-state index in [1.54, 1.807) is 11.9 Å². The van der Waals surface area contributed by atoms with E-state index in [1.165, 1.54) is 0 Å². The van der Waals surface area contributed by atoms with Crippen LogP contribution in [-0.2, 0) is 4.74 Å². The molecule has 0 aromatic heterocycles. The number of aliphatic imine (C=N–C) groups is 1. The summed E-state index contributed by atoms with van der Waals surface area (Å²) in [6, 6.07) is 0.367. The van der Waals surface area contributed by atoms with Crippen molar-refractivity contribution in [3.05, 3.63) is 0 Å². The van der Waals surface area contributed by atoms with Crippen LogP contribution in [0.25, 0.3) is 0 Å². The topological polar surface area (TPSA) is 66.0 Å². The maximum Gasteiger partial charge on any atom is 0.410 e. The number of guanidine groups is 1. The molecule has 0 aliphatic heterocycles.